The molecule has 0 bridgehead atoms. The van der Waals surface area contributed by atoms with Gasteiger partial charge in [-0.3, -0.25) is 0 Å². The van der Waals surface area contributed by atoms with Crippen molar-refractivity contribution < 1.29 is 14.6 Å². The highest BCUT2D eigenvalue weighted by Gasteiger charge is 2.09. The molecule has 0 saturated heterocycles. The molecule has 0 amide bonds. The van der Waals surface area contributed by atoms with E-state index in [9.17, 15) is 4.79 Å². The fraction of sp³-hybridized carbons (Fsp3) is 0.600. The largest absolute Gasteiger partial charge is 0.476 e. The Bertz CT molecular complexity index is 341. The molecule has 16 heavy (non-hydrogen) atoms. The van der Waals surface area contributed by atoms with Gasteiger partial charge in [-0.15, -0.1) is 11.3 Å². The average molecular weight is 244 g/mol. The van der Waals surface area contributed by atoms with Gasteiger partial charge in [-0.2, -0.15) is 0 Å². The van der Waals surface area contributed by atoms with E-state index < -0.39 is 5.97 Å². The predicted octanol–water partition coefficient (Wildman–Crippen LogP) is 1.31. The van der Waals surface area contributed by atoms with Gasteiger partial charge in [0.05, 0.1) is 5.69 Å². The Morgan fingerprint density at radius 1 is 1.69 bits per heavy atom. The summed E-state index contributed by atoms with van der Waals surface area (Å²) in [7, 11) is 3.66. The number of carboxylic acid groups (broad SMARTS) is 1. The van der Waals surface area contributed by atoms with Gasteiger partial charge in [0.25, 0.3) is 0 Å². The minimum Gasteiger partial charge on any atom is -0.476 e. The number of methoxy groups -OCH3 is 1. The van der Waals surface area contributed by atoms with Crippen LogP contribution in [0.2, 0.25) is 0 Å². The molecular weight excluding hydrogens is 228 g/mol. The summed E-state index contributed by atoms with van der Waals surface area (Å²) in [5, 5.41) is 10.7. The van der Waals surface area contributed by atoms with Crippen molar-refractivity contribution in [3.63, 3.8) is 0 Å². The van der Waals surface area contributed by atoms with Crippen molar-refractivity contribution in [1.29, 1.82) is 0 Å². The van der Waals surface area contributed by atoms with E-state index in [1.807, 2.05) is 7.05 Å². The molecule has 6 heteroatoms. The minimum atomic E-state index is -0.960. The monoisotopic (exact) mass is 244 g/mol. The molecule has 0 unspecified atom stereocenters. The van der Waals surface area contributed by atoms with Crippen molar-refractivity contribution in [2.45, 2.75) is 13.0 Å². The molecule has 0 aliphatic heterocycles. The second-order valence-electron chi connectivity index (χ2n) is 3.53. The molecule has 5 nitrogen and oxygen atoms in total. The van der Waals surface area contributed by atoms with Crippen LogP contribution < -0.4 is 0 Å². The van der Waals surface area contributed by atoms with E-state index in [2.05, 4.69) is 9.88 Å². The number of aromatic nitrogens is 1. The molecule has 1 rings (SSSR count). The van der Waals surface area contributed by atoms with E-state index in [0.717, 1.165) is 25.3 Å². The first-order chi connectivity index (χ1) is 7.63. The summed E-state index contributed by atoms with van der Waals surface area (Å²) in [5.74, 6) is -0.960. The van der Waals surface area contributed by atoms with E-state index in [0.29, 0.717) is 6.54 Å². The summed E-state index contributed by atoms with van der Waals surface area (Å²) in [6, 6.07) is 0. The average Bonchev–Trinajstić information content (AvgIpc) is 2.66. The maximum Gasteiger partial charge on any atom is 0.365 e. The molecule has 0 aromatic carbocycles. The summed E-state index contributed by atoms with van der Waals surface area (Å²) < 4.78 is 4.96. The standard InChI is InChI=1S/C10H16N2O3S/c1-12(4-3-5-15-2)6-8-7-16-9(11-8)10(13)14/h7H,3-6H2,1-2H3,(H,13,14). The van der Waals surface area contributed by atoms with E-state index in [1.54, 1.807) is 12.5 Å². The number of hydrogen-bond donors (Lipinski definition) is 1. The van der Waals surface area contributed by atoms with Crippen LogP contribution in [0.15, 0.2) is 5.38 Å². The second kappa shape index (κ2) is 6.57. The fourth-order valence-electron chi connectivity index (χ4n) is 1.31. The number of aromatic carboxylic acids is 1. The first-order valence-corrected chi connectivity index (χ1v) is 5.86. The number of rotatable bonds is 7. The molecule has 90 valence electrons. The summed E-state index contributed by atoms with van der Waals surface area (Å²) in [5.41, 5.74) is 0.808. The Kier molecular flexibility index (Phi) is 5.37. The van der Waals surface area contributed by atoms with Gasteiger partial charge in [0.2, 0.25) is 5.01 Å². The fourth-order valence-corrected chi connectivity index (χ4v) is 1.96. The zero-order valence-corrected chi connectivity index (χ0v) is 10.3. The highest BCUT2D eigenvalue weighted by molar-refractivity contribution is 7.11. The zero-order valence-electron chi connectivity index (χ0n) is 9.47. The van der Waals surface area contributed by atoms with Gasteiger partial charge in [-0.05, 0) is 13.5 Å². The first-order valence-electron chi connectivity index (χ1n) is 4.98. The van der Waals surface area contributed by atoms with Crippen molar-refractivity contribution in [2.24, 2.45) is 0 Å². The van der Waals surface area contributed by atoms with E-state index >= 15 is 0 Å². The van der Waals surface area contributed by atoms with Crippen LogP contribution in [0.4, 0.5) is 0 Å². The van der Waals surface area contributed by atoms with Gasteiger partial charge >= 0.3 is 5.97 Å². The second-order valence-corrected chi connectivity index (χ2v) is 4.39. The summed E-state index contributed by atoms with van der Waals surface area (Å²) in [4.78, 5) is 16.7. The number of carboxylic acids is 1. The van der Waals surface area contributed by atoms with Gasteiger partial charge in [-0.25, -0.2) is 9.78 Å². The smallest absolute Gasteiger partial charge is 0.365 e. The third kappa shape index (κ3) is 4.26. The third-order valence-electron chi connectivity index (χ3n) is 2.05. The van der Waals surface area contributed by atoms with E-state index in [4.69, 9.17) is 9.84 Å². The van der Waals surface area contributed by atoms with Gasteiger partial charge in [-0.1, -0.05) is 0 Å². The normalized spacial score (nSPS) is 10.9. The third-order valence-corrected chi connectivity index (χ3v) is 2.93. The Labute approximate surface area is 98.7 Å². The maximum absolute atomic E-state index is 10.6. The van der Waals surface area contributed by atoms with Crippen LogP contribution >= 0.6 is 11.3 Å². The number of carbonyl (C=O) groups is 1. The van der Waals surface area contributed by atoms with Crippen molar-refractivity contribution in [2.75, 3.05) is 27.3 Å². The molecule has 1 aromatic rings. The molecule has 0 aliphatic rings. The summed E-state index contributed by atoms with van der Waals surface area (Å²) >= 11 is 1.17. The van der Waals surface area contributed by atoms with Crippen molar-refractivity contribution in [1.82, 2.24) is 9.88 Å². The molecule has 0 aliphatic carbocycles. The van der Waals surface area contributed by atoms with Crippen molar-refractivity contribution in [3.05, 3.63) is 16.1 Å². The topological polar surface area (TPSA) is 62.7 Å². The van der Waals surface area contributed by atoms with Crippen LogP contribution in [-0.2, 0) is 11.3 Å². The number of thiazole rings is 1. The Balaban J connectivity index is 2.37. The maximum atomic E-state index is 10.6. The number of hydrogen-bond acceptors (Lipinski definition) is 5. The minimum absolute atomic E-state index is 0.153. The quantitative estimate of drug-likeness (QED) is 0.733. The van der Waals surface area contributed by atoms with Crippen LogP contribution in [0.25, 0.3) is 0 Å². The first kappa shape index (κ1) is 13.1. The lowest BCUT2D eigenvalue weighted by Gasteiger charge is -2.14. The molecule has 0 atom stereocenters. The van der Waals surface area contributed by atoms with Gasteiger partial charge < -0.3 is 14.7 Å². The van der Waals surface area contributed by atoms with Crippen LogP contribution in [0.5, 0.6) is 0 Å². The summed E-state index contributed by atoms with van der Waals surface area (Å²) in [6.07, 6.45) is 0.961. The van der Waals surface area contributed by atoms with Crippen molar-refractivity contribution >= 4 is 17.3 Å². The SMILES string of the molecule is COCCCN(C)Cc1csc(C(=O)O)n1. The zero-order chi connectivity index (χ0) is 12.0. The molecule has 1 aromatic heterocycles. The Morgan fingerprint density at radius 3 is 3.00 bits per heavy atom. The van der Waals surface area contributed by atoms with Crippen LogP contribution in [-0.4, -0.2) is 48.3 Å². The van der Waals surface area contributed by atoms with E-state index in [1.165, 1.54) is 11.3 Å². The molecule has 0 radical (unpaired) electrons. The van der Waals surface area contributed by atoms with Gasteiger partial charge in [0, 0.05) is 32.2 Å². The molecule has 1 N–H and O–H groups in total. The number of nitrogens with zero attached hydrogens (tertiary/aromatic N) is 2. The lowest BCUT2D eigenvalue weighted by atomic mass is 10.4. The Hall–Kier alpha value is -0.980. The number of ether oxygens (including phenoxy) is 1. The molecule has 0 fully saturated rings. The van der Waals surface area contributed by atoms with Crippen LogP contribution in [0.3, 0.4) is 0 Å². The van der Waals surface area contributed by atoms with Crippen molar-refractivity contribution in [3.8, 4) is 0 Å². The lowest BCUT2D eigenvalue weighted by molar-refractivity contribution is 0.0696. The lowest BCUT2D eigenvalue weighted by Crippen LogP contribution is -2.20. The van der Waals surface area contributed by atoms with Gasteiger partial charge in [0.15, 0.2) is 0 Å². The van der Waals surface area contributed by atoms with Crippen LogP contribution in [0.1, 0.15) is 21.9 Å². The molecular formula is C10H16N2O3S. The molecule has 1 heterocycles. The highest BCUT2D eigenvalue weighted by atomic mass is 32.1. The molecule has 0 saturated carbocycles. The predicted molar refractivity (Wildman–Crippen MR) is 61.9 cm³/mol. The van der Waals surface area contributed by atoms with E-state index in [-0.39, 0.29) is 5.01 Å². The Morgan fingerprint density at radius 2 is 2.44 bits per heavy atom. The van der Waals surface area contributed by atoms with Crippen LogP contribution in [0, 0.1) is 0 Å². The van der Waals surface area contributed by atoms with Gasteiger partial charge in [0.1, 0.15) is 0 Å². The molecule has 0 spiro atoms. The summed E-state index contributed by atoms with van der Waals surface area (Å²) in [6.45, 7) is 2.32. The highest BCUT2D eigenvalue weighted by Crippen LogP contribution is 2.11.